The molecule has 4 rings (SSSR count). The van der Waals surface area contributed by atoms with Gasteiger partial charge in [-0.05, 0) is 42.4 Å². The van der Waals surface area contributed by atoms with Crippen LogP contribution in [0.15, 0.2) is 59.7 Å². The molecule has 2 unspecified atom stereocenters. The number of hydrazone groups is 1. The fourth-order valence-corrected chi connectivity index (χ4v) is 4.43. The molecule has 3 N–H and O–H groups in total. The second-order valence-corrected chi connectivity index (χ2v) is 8.92. The third-order valence-electron chi connectivity index (χ3n) is 6.33. The highest BCUT2D eigenvalue weighted by molar-refractivity contribution is 5.79. The maximum absolute atomic E-state index is 10.7. The minimum atomic E-state index is -0.908. The van der Waals surface area contributed by atoms with Crippen LogP contribution in [0, 0.1) is 0 Å². The number of rotatable bonds is 11. The van der Waals surface area contributed by atoms with E-state index in [0.717, 1.165) is 57.4 Å². The Bertz CT molecular complexity index is 914. The van der Waals surface area contributed by atoms with E-state index in [-0.39, 0.29) is 24.9 Å². The predicted molar refractivity (Wildman–Crippen MR) is 131 cm³/mol. The minimum absolute atomic E-state index is 0.0452. The Morgan fingerprint density at radius 2 is 1.94 bits per heavy atom. The quantitative estimate of drug-likeness (QED) is 0.266. The molecule has 2 aromatic rings. The van der Waals surface area contributed by atoms with Gasteiger partial charge in [-0.2, -0.15) is 10.6 Å². The average Bonchev–Trinajstić information content (AvgIpc) is 3.33. The van der Waals surface area contributed by atoms with E-state index in [2.05, 4.69) is 69.4 Å². The maximum Gasteiger partial charge on any atom is 0.329 e. The van der Waals surface area contributed by atoms with Crippen LogP contribution in [0.1, 0.15) is 42.0 Å². The molecule has 0 aliphatic carbocycles. The van der Waals surface area contributed by atoms with E-state index < -0.39 is 5.97 Å². The van der Waals surface area contributed by atoms with E-state index in [0.29, 0.717) is 0 Å². The fourth-order valence-electron chi connectivity index (χ4n) is 4.43. The maximum atomic E-state index is 10.7. The molecular formula is C26H34N4O4. The molecule has 8 nitrogen and oxygen atoms in total. The topological polar surface area (TPSA) is 95.4 Å². The smallest absolute Gasteiger partial charge is 0.329 e. The lowest BCUT2D eigenvalue weighted by atomic mass is 10.0. The number of carboxylic acid groups (broad SMARTS) is 1. The van der Waals surface area contributed by atoms with E-state index in [9.17, 15) is 4.79 Å². The molecule has 0 radical (unpaired) electrons. The average molecular weight is 467 g/mol. The molecule has 0 bridgehead atoms. The first kappa shape index (κ1) is 24.3. The van der Waals surface area contributed by atoms with Gasteiger partial charge < -0.3 is 20.2 Å². The van der Waals surface area contributed by atoms with Gasteiger partial charge in [-0.25, -0.2) is 4.79 Å². The van der Waals surface area contributed by atoms with Gasteiger partial charge in [-0.1, -0.05) is 54.6 Å². The Morgan fingerprint density at radius 1 is 1.18 bits per heavy atom. The van der Waals surface area contributed by atoms with Gasteiger partial charge in [0.15, 0.2) is 0 Å². The van der Waals surface area contributed by atoms with Crippen molar-refractivity contribution in [2.45, 2.75) is 43.9 Å². The lowest BCUT2D eigenvalue weighted by Crippen LogP contribution is -2.41. The van der Waals surface area contributed by atoms with Crippen LogP contribution in [0.5, 0.6) is 0 Å². The Morgan fingerprint density at radius 3 is 2.68 bits per heavy atom. The summed E-state index contributed by atoms with van der Waals surface area (Å²) in [6.45, 7) is 3.27. The van der Waals surface area contributed by atoms with Crippen molar-refractivity contribution in [3.8, 4) is 0 Å². The Labute approximate surface area is 200 Å². The number of carbonyl (C=O) groups is 1. The van der Waals surface area contributed by atoms with Gasteiger partial charge in [-0.15, -0.1) is 0 Å². The Balaban J connectivity index is 1.15. The summed E-state index contributed by atoms with van der Waals surface area (Å²) in [6.07, 6.45) is 5.62. The molecule has 2 aliphatic heterocycles. The lowest BCUT2D eigenvalue weighted by molar-refractivity contribution is -0.145. The minimum Gasteiger partial charge on any atom is -0.480 e. The monoisotopic (exact) mass is 466 g/mol. The zero-order chi connectivity index (χ0) is 23.6. The summed E-state index contributed by atoms with van der Waals surface area (Å²) in [6, 6.07) is 19.0. The van der Waals surface area contributed by atoms with E-state index in [1.54, 1.807) is 0 Å². The number of hydrogen-bond donors (Lipinski definition) is 3. The third-order valence-corrected chi connectivity index (χ3v) is 6.33. The van der Waals surface area contributed by atoms with Crippen LogP contribution in [-0.4, -0.2) is 67.2 Å². The van der Waals surface area contributed by atoms with Crippen LogP contribution in [0.25, 0.3) is 0 Å². The normalized spacial score (nSPS) is 21.8. The number of likely N-dealkylation sites (tertiary alicyclic amines) is 1. The van der Waals surface area contributed by atoms with Gasteiger partial charge in [0.2, 0.25) is 0 Å². The number of piperidine rings is 1. The highest BCUT2D eigenvalue weighted by Gasteiger charge is 2.30. The largest absolute Gasteiger partial charge is 0.480 e. The van der Waals surface area contributed by atoms with E-state index in [1.807, 2.05) is 12.3 Å². The summed E-state index contributed by atoms with van der Waals surface area (Å²) in [5.41, 5.74) is 9.86. The number of nitrogens with zero attached hydrogens (tertiary/aromatic N) is 2. The van der Waals surface area contributed by atoms with Crippen LogP contribution in [0.3, 0.4) is 0 Å². The first-order valence-electron chi connectivity index (χ1n) is 12.0. The van der Waals surface area contributed by atoms with Crippen molar-refractivity contribution < 1.29 is 19.5 Å². The summed E-state index contributed by atoms with van der Waals surface area (Å²) in [7, 11) is 0. The Kier molecular flexibility index (Phi) is 9.04. The summed E-state index contributed by atoms with van der Waals surface area (Å²) < 4.78 is 5.42. The summed E-state index contributed by atoms with van der Waals surface area (Å²) in [5.74, 6) is -0.908. The highest BCUT2D eigenvalue weighted by atomic mass is 16.7. The van der Waals surface area contributed by atoms with Crippen LogP contribution < -0.4 is 10.9 Å². The van der Waals surface area contributed by atoms with Gasteiger partial charge >= 0.3 is 5.97 Å². The van der Waals surface area contributed by atoms with Gasteiger partial charge in [-0.3, -0.25) is 4.84 Å². The van der Waals surface area contributed by atoms with Crippen molar-refractivity contribution in [2.75, 3.05) is 32.8 Å². The summed E-state index contributed by atoms with van der Waals surface area (Å²) >= 11 is 0. The third kappa shape index (κ3) is 7.63. The molecule has 2 fully saturated rings. The molecule has 2 aromatic carbocycles. The molecule has 0 saturated carbocycles. The Hall–Kier alpha value is -2.78. The van der Waals surface area contributed by atoms with Crippen LogP contribution in [0.2, 0.25) is 0 Å². The molecular weight excluding hydrogens is 432 g/mol. The van der Waals surface area contributed by atoms with Crippen LogP contribution >= 0.6 is 0 Å². The standard InChI is InChI=1S/C26H34N4O4/c31-26(32)19-33-23-11-14-30(15-12-23)18-24-16-25(29-34-24)22-8-6-21(7-9-22)17-28-27-13-10-20-4-2-1-3-5-20/h1-9,17,23-25,27,29H,10-16,18-19H2,(H,31,32). The van der Waals surface area contributed by atoms with E-state index in [4.69, 9.17) is 14.7 Å². The van der Waals surface area contributed by atoms with Crippen molar-refractivity contribution in [3.05, 3.63) is 71.3 Å². The number of aliphatic carboxylic acids is 1. The van der Waals surface area contributed by atoms with E-state index in [1.165, 1.54) is 11.1 Å². The first-order chi connectivity index (χ1) is 16.7. The van der Waals surface area contributed by atoms with Crippen molar-refractivity contribution in [1.29, 1.82) is 0 Å². The number of ether oxygens (including phenoxy) is 1. The highest BCUT2D eigenvalue weighted by Crippen LogP contribution is 2.26. The molecule has 8 heteroatoms. The molecule has 182 valence electrons. The van der Waals surface area contributed by atoms with Crippen molar-refractivity contribution >= 4 is 12.2 Å². The zero-order valence-corrected chi connectivity index (χ0v) is 19.4. The molecule has 2 atom stereocenters. The number of nitrogens with one attached hydrogen (secondary N) is 2. The van der Waals surface area contributed by atoms with Gasteiger partial charge in [0.25, 0.3) is 0 Å². The van der Waals surface area contributed by atoms with Crippen molar-refractivity contribution in [3.63, 3.8) is 0 Å². The number of carboxylic acids is 1. The first-order valence-corrected chi connectivity index (χ1v) is 12.0. The lowest BCUT2D eigenvalue weighted by Gasteiger charge is -2.32. The second-order valence-electron chi connectivity index (χ2n) is 8.92. The van der Waals surface area contributed by atoms with Crippen molar-refractivity contribution in [2.24, 2.45) is 5.10 Å². The second kappa shape index (κ2) is 12.6. The van der Waals surface area contributed by atoms with Gasteiger partial charge in [0.05, 0.1) is 24.5 Å². The zero-order valence-electron chi connectivity index (χ0n) is 19.4. The van der Waals surface area contributed by atoms with E-state index >= 15 is 0 Å². The predicted octanol–water partition coefficient (Wildman–Crippen LogP) is 2.75. The SMILES string of the molecule is O=C(O)COC1CCN(CC2CC(c3ccc(C=NNCCc4ccccc4)cc3)NO2)CC1. The molecule has 34 heavy (non-hydrogen) atoms. The number of hydrogen-bond acceptors (Lipinski definition) is 7. The van der Waals surface area contributed by atoms with Crippen LogP contribution in [-0.2, 0) is 20.8 Å². The molecule has 2 heterocycles. The number of benzene rings is 2. The molecule has 2 saturated heterocycles. The van der Waals surface area contributed by atoms with Gasteiger partial charge in [0.1, 0.15) is 6.61 Å². The molecule has 0 aromatic heterocycles. The van der Waals surface area contributed by atoms with Gasteiger partial charge in [0, 0.05) is 26.2 Å². The van der Waals surface area contributed by atoms with Crippen LogP contribution in [0.4, 0.5) is 0 Å². The molecule has 0 spiro atoms. The summed E-state index contributed by atoms with van der Waals surface area (Å²) in [4.78, 5) is 18.9. The fraction of sp³-hybridized carbons (Fsp3) is 0.462. The number of hydroxylamine groups is 1. The van der Waals surface area contributed by atoms with Crippen molar-refractivity contribution in [1.82, 2.24) is 15.8 Å². The summed E-state index contributed by atoms with van der Waals surface area (Å²) in [5, 5.41) is 13.1. The molecule has 0 amide bonds. The molecule has 2 aliphatic rings.